The standard InChI is InChI=1S/C17H22N2O6S2/c1-9-10(2)27-15(18-11(3)20)14(9)17(23)25-8-13(21)19-5-6-26-12(7-19)16(22)24-4/h12H,5-8H2,1-4H3,(H,18,20)/t12-/m1/s1. The normalized spacial score (nSPS) is 16.6. The first kappa shape index (κ1) is 21.2. The number of hydrogen-bond donors (Lipinski definition) is 1. The number of carbonyl (C=O) groups excluding carboxylic acids is 4. The van der Waals surface area contributed by atoms with Gasteiger partial charge in [0, 0.05) is 30.6 Å². The Morgan fingerprint density at radius 2 is 1.96 bits per heavy atom. The van der Waals surface area contributed by atoms with Gasteiger partial charge in [-0.25, -0.2) is 4.79 Å². The molecule has 2 heterocycles. The van der Waals surface area contributed by atoms with Crippen molar-refractivity contribution in [2.75, 3.05) is 37.9 Å². The molecule has 0 aliphatic carbocycles. The van der Waals surface area contributed by atoms with Crippen LogP contribution >= 0.6 is 23.1 Å². The first-order valence-electron chi connectivity index (χ1n) is 8.26. The number of esters is 2. The molecule has 0 aromatic carbocycles. The molecule has 0 spiro atoms. The first-order valence-corrected chi connectivity index (χ1v) is 10.1. The van der Waals surface area contributed by atoms with Crippen LogP contribution in [0.4, 0.5) is 5.00 Å². The van der Waals surface area contributed by atoms with Crippen LogP contribution in [0, 0.1) is 13.8 Å². The Hall–Kier alpha value is -2.07. The summed E-state index contributed by atoms with van der Waals surface area (Å²) in [5.74, 6) is -1.09. The molecule has 0 saturated carbocycles. The number of hydrogen-bond acceptors (Lipinski definition) is 8. The number of thiophene rings is 1. The van der Waals surface area contributed by atoms with Crippen molar-refractivity contribution in [2.24, 2.45) is 0 Å². The summed E-state index contributed by atoms with van der Waals surface area (Å²) in [6.45, 7) is 5.23. The number of amides is 2. The van der Waals surface area contributed by atoms with Crippen LogP contribution in [0.25, 0.3) is 0 Å². The SMILES string of the molecule is COC(=O)[C@H]1CN(C(=O)COC(=O)c2c(NC(C)=O)sc(C)c2C)CCS1. The molecular weight excluding hydrogens is 392 g/mol. The molecule has 1 aliphatic heterocycles. The second kappa shape index (κ2) is 9.23. The van der Waals surface area contributed by atoms with Crippen molar-refractivity contribution in [3.8, 4) is 0 Å². The van der Waals surface area contributed by atoms with Crippen LogP contribution < -0.4 is 5.32 Å². The number of nitrogens with zero attached hydrogens (tertiary/aromatic N) is 1. The van der Waals surface area contributed by atoms with E-state index in [2.05, 4.69) is 5.32 Å². The Kier molecular flexibility index (Phi) is 7.25. The highest BCUT2D eigenvalue weighted by Crippen LogP contribution is 2.33. The van der Waals surface area contributed by atoms with Gasteiger partial charge in [0.25, 0.3) is 5.91 Å². The van der Waals surface area contributed by atoms with E-state index in [9.17, 15) is 19.2 Å². The fraction of sp³-hybridized carbons (Fsp3) is 0.529. The Morgan fingerprint density at radius 3 is 2.59 bits per heavy atom. The number of rotatable bonds is 5. The number of ether oxygens (including phenoxy) is 2. The smallest absolute Gasteiger partial charge is 0.341 e. The lowest BCUT2D eigenvalue weighted by atomic mass is 10.1. The average molecular weight is 415 g/mol. The van der Waals surface area contributed by atoms with Gasteiger partial charge in [-0.3, -0.25) is 14.4 Å². The molecule has 8 nitrogen and oxygen atoms in total. The molecule has 1 aromatic rings. The molecule has 2 amide bonds. The minimum absolute atomic E-state index is 0.224. The van der Waals surface area contributed by atoms with E-state index in [1.165, 1.54) is 42.0 Å². The lowest BCUT2D eigenvalue weighted by molar-refractivity contribution is -0.141. The third-order valence-corrected chi connectivity index (χ3v) is 6.37. The van der Waals surface area contributed by atoms with Crippen LogP contribution in [0.3, 0.4) is 0 Å². The second-order valence-corrected chi connectivity index (χ2v) is 8.50. The average Bonchev–Trinajstić information content (AvgIpc) is 2.91. The van der Waals surface area contributed by atoms with E-state index >= 15 is 0 Å². The van der Waals surface area contributed by atoms with Crippen molar-refractivity contribution in [3.05, 3.63) is 16.0 Å². The molecule has 0 unspecified atom stereocenters. The summed E-state index contributed by atoms with van der Waals surface area (Å²) in [5.41, 5.74) is 0.975. The van der Waals surface area contributed by atoms with Crippen molar-refractivity contribution < 1.29 is 28.7 Å². The van der Waals surface area contributed by atoms with Crippen molar-refractivity contribution in [2.45, 2.75) is 26.0 Å². The molecule has 148 valence electrons. The highest BCUT2D eigenvalue weighted by molar-refractivity contribution is 8.00. The number of methoxy groups -OCH3 is 1. The van der Waals surface area contributed by atoms with Crippen molar-refractivity contribution in [3.63, 3.8) is 0 Å². The fourth-order valence-electron chi connectivity index (χ4n) is 2.56. The number of carbonyl (C=O) groups is 4. The van der Waals surface area contributed by atoms with Gasteiger partial charge in [0.1, 0.15) is 10.3 Å². The van der Waals surface area contributed by atoms with Crippen molar-refractivity contribution in [1.82, 2.24) is 4.90 Å². The number of anilines is 1. The summed E-state index contributed by atoms with van der Waals surface area (Å²) in [4.78, 5) is 50.2. The molecule has 1 atom stereocenters. The van der Waals surface area contributed by atoms with Crippen LogP contribution in [0.1, 0.15) is 27.7 Å². The zero-order valence-electron chi connectivity index (χ0n) is 15.6. The minimum Gasteiger partial charge on any atom is -0.468 e. The van der Waals surface area contributed by atoms with E-state index in [0.29, 0.717) is 22.9 Å². The fourth-order valence-corrected chi connectivity index (χ4v) is 4.78. The highest BCUT2D eigenvalue weighted by Gasteiger charge is 2.30. The highest BCUT2D eigenvalue weighted by atomic mass is 32.2. The summed E-state index contributed by atoms with van der Waals surface area (Å²) >= 11 is 2.72. The minimum atomic E-state index is -0.662. The molecule has 1 aromatic heterocycles. The molecular formula is C17H22N2O6S2. The van der Waals surface area contributed by atoms with Gasteiger partial charge in [0.05, 0.1) is 12.7 Å². The Bertz CT molecular complexity index is 761. The largest absolute Gasteiger partial charge is 0.468 e. The van der Waals surface area contributed by atoms with Gasteiger partial charge in [0.15, 0.2) is 6.61 Å². The molecule has 1 saturated heterocycles. The zero-order chi connectivity index (χ0) is 20.1. The summed E-state index contributed by atoms with van der Waals surface area (Å²) in [6.07, 6.45) is 0. The lowest BCUT2D eigenvalue weighted by Gasteiger charge is -2.30. The van der Waals surface area contributed by atoms with Crippen LogP contribution in [-0.4, -0.2) is 66.5 Å². The zero-order valence-corrected chi connectivity index (χ0v) is 17.3. The summed E-state index contributed by atoms with van der Waals surface area (Å²) in [5, 5.41) is 2.60. The maximum atomic E-state index is 12.5. The number of thioether (sulfide) groups is 1. The van der Waals surface area contributed by atoms with Crippen LogP contribution in [0.5, 0.6) is 0 Å². The monoisotopic (exact) mass is 414 g/mol. The van der Waals surface area contributed by atoms with Gasteiger partial charge >= 0.3 is 11.9 Å². The Labute approximate surface area is 165 Å². The summed E-state index contributed by atoms with van der Waals surface area (Å²) in [7, 11) is 1.31. The van der Waals surface area contributed by atoms with Crippen molar-refractivity contribution in [1.29, 1.82) is 0 Å². The van der Waals surface area contributed by atoms with E-state index in [1.54, 1.807) is 6.92 Å². The Balaban J connectivity index is 2.00. The van der Waals surface area contributed by atoms with Gasteiger partial charge < -0.3 is 19.7 Å². The second-order valence-electron chi connectivity index (χ2n) is 5.97. The predicted octanol–water partition coefficient (Wildman–Crippen LogP) is 1.60. The summed E-state index contributed by atoms with van der Waals surface area (Å²) in [6, 6.07) is 0. The van der Waals surface area contributed by atoms with E-state index in [4.69, 9.17) is 9.47 Å². The predicted molar refractivity (Wildman–Crippen MR) is 103 cm³/mol. The summed E-state index contributed by atoms with van der Waals surface area (Å²) < 4.78 is 9.90. The van der Waals surface area contributed by atoms with Crippen molar-refractivity contribution >= 4 is 51.9 Å². The molecule has 0 radical (unpaired) electrons. The van der Waals surface area contributed by atoms with Crippen LogP contribution in [0.2, 0.25) is 0 Å². The first-order chi connectivity index (χ1) is 12.7. The lowest BCUT2D eigenvalue weighted by Crippen LogP contribution is -2.46. The van der Waals surface area contributed by atoms with E-state index in [1.807, 2.05) is 6.92 Å². The van der Waals surface area contributed by atoms with Crippen LogP contribution in [-0.2, 0) is 23.9 Å². The molecule has 1 fully saturated rings. The molecule has 0 bridgehead atoms. The van der Waals surface area contributed by atoms with Gasteiger partial charge in [0.2, 0.25) is 5.91 Å². The van der Waals surface area contributed by atoms with Gasteiger partial charge in [-0.05, 0) is 19.4 Å². The molecule has 10 heteroatoms. The molecule has 1 aliphatic rings. The third-order valence-electron chi connectivity index (χ3n) is 4.09. The van der Waals surface area contributed by atoms with Crippen LogP contribution in [0.15, 0.2) is 0 Å². The van der Waals surface area contributed by atoms with Gasteiger partial charge in [-0.15, -0.1) is 23.1 Å². The topological polar surface area (TPSA) is 102 Å². The molecule has 1 N–H and O–H groups in total. The van der Waals surface area contributed by atoms with E-state index in [-0.39, 0.29) is 29.9 Å². The molecule has 27 heavy (non-hydrogen) atoms. The van der Waals surface area contributed by atoms with Gasteiger partial charge in [-0.1, -0.05) is 0 Å². The van der Waals surface area contributed by atoms with E-state index in [0.717, 1.165) is 4.88 Å². The molecule has 2 rings (SSSR count). The maximum Gasteiger partial charge on any atom is 0.341 e. The third kappa shape index (κ3) is 5.23. The maximum absolute atomic E-state index is 12.5. The van der Waals surface area contributed by atoms with E-state index < -0.39 is 17.8 Å². The number of aryl methyl sites for hydroxylation is 1. The Morgan fingerprint density at radius 1 is 1.26 bits per heavy atom. The quantitative estimate of drug-likeness (QED) is 0.730. The van der Waals surface area contributed by atoms with Gasteiger partial charge in [-0.2, -0.15) is 0 Å². The number of nitrogens with one attached hydrogen (secondary N) is 1.